The van der Waals surface area contributed by atoms with E-state index in [4.69, 9.17) is 9.94 Å². The summed E-state index contributed by atoms with van der Waals surface area (Å²) < 4.78 is 6.77. The minimum atomic E-state index is -0.677. The molecular formula is C14H22N4O6+2. The summed E-state index contributed by atoms with van der Waals surface area (Å²) in [7, 11) is 0. The van der Waals surface area contributed by atoms with Crippen molar-refractivity contribution in [1.29, 1.82) is 0 Å². The van der Waals surface area contributed by atoms with Crippen molar-refractivity contribution in [3.63, 3.8) is 0 Å². The van der Waals surface area contributed by atoms with Crippen LogP contribution >= 0.6 is 0 Å². The number of carbonyl (C=O) groups excluding carboxylic acids is 2. The molecule has 1 unspecified atom stereocenters. The molecule has 10 nitrogen and oxygen atoms in total. The van der Waals surface area contributed by atoms with E-state index >= 15 is 0 Å². The molecule has 1 heterocycles. The monoisotopic (exact) mass is 342 g/mol. The van der Waals surface area contributed by atoms with Gasteiger partial charge < -0.3 is 15.4 Å². The van der Waals surface area contributed by atoms with Gasteiger partial charge in [0.25, 0.3) is 5.91 Å². The first-order valence-electron chi connectivity index (χ1n) is 7.34. The van der Waals surface area contributed by atoms with Crippen LogP contribution in [0.5, 0.6) is 0 Å². The first kappa shape index (κ1) is 19.1. The van der Waals surface area contributed by atoms with E-state index in [0.717, 1.165) is 0 Å². The van der Waals surface area contributed by atoms with E-state index in [1.54, 1.807) is 29.8 Å². The van der Waals surface area contributed by atoms with Crippen LogP contribution in [0.15, 0.2) is 24.5 Å². The predicted octanol–water partition coefficient (Wildman–Crippen LogP) is 0.457. The molecule has 1 rings (SSSR count). The number of hydrogen-bond donors (Lipinski definition) is 3. The van der Waals surface area contributed by atoms with Crippen molar-refractivity contribution in [2.45, 2.75) is 33.0 Å². The van der Waals surface area contributed by atoms with Crippen LogP contribution in [0.4, 0.5) is 4.79 Å². The second-order valence-electron chi connectivity index (χ2n) is 5.17. The zero-order chi connectivity index (χ0) is 18.1. The summed E-state index contributed by atoms with van der Waals surface area (Å²) in [6, 6.07) is 3.18. The van der Waals surface area contributed by atoms with Gasteiger partial charge in [-0.15, -0.1) is 0 Å². The Hall–Kier alpha value is -2.91. The lowest BCUT2D eigenvalue weighted by molar-refractivity contribution is -0.975. The number of ether oxygens (including phenoxy) is 1. The molecule has 1 aromatic heterocycles. The number of hydrogen-bond acceptors (Lipinski definition) is 5. The van der Waals surface area contributed by atoms with E-state index in [1.165, 1.54) is 6.20 Å². The highest BCUT2D eigenvalue weighted by Crippen LogP contribution is 2.01. The van der Waals surface area contributed by atoms with Gasteiger partial charge in [-0.1, -0.05) is 0 Å². The third-order valence-electron chi connectivity index (χ3n) is 2.78. The minimum Gasteiger partial charge on any atom is -0.386 e. The fourth-order valence-electron chi connectivity index (χ4n) is 1.73. The van der Waals surface area contributed by atoms with Gasteiger partial charge in [0.2, 0.25) is 0 Å². The molecule has 0 radical (unpaired) electrons. The highest BCUT2D eigenvalue weighted by atomic mass is 16.9. The van der Waals surface area contributed by atoms with Crippen LogP contribution in [0.3, 0.4) is 0 Å². The number of alkyl carbamates (subject to hydrolysis) is 1. The summed E-state index contributed by atoms with van der Waals surface area (Å²) in [5.41, 5.74) is 0.334. The van der Waals surface area contributed by atoms with Crippen LogP contribution in [0.25, 0.3) is 0 Å². The van der Waals surface area contributed by atoms with Gasteiger partial charge in [-0.25, -0.2) is 10.0 Å². The summed E-state index contributed by atoms with van der Waals surface area (Å²) in [6.45, 7) is 5.16. The van der Waals surface area contributed by atoms with Crippen molar-refractivity contribution >= 4 is 12.0 Å². The highest BCUT2D eigenvalue weighted by molar-refractivity contribution is 5.93. The van der Waals surface area contributed by atoms with Crippen molar-refractivity contribution in [2.75, 3.05) is 13.2 Å². The Bertz CT molecular complexity index is 592. The molecule has 3 N–H and O–H groups in total. The van der Waals surface area contributed by atoms with Crippen molar-refractivity contribution < 1.29 is 34.0 Å². The average Bonchev–Trinajstić information content (AvgIpc) is 2.50. The maximum absolute atomic E-state index is 12.0. The predicted molar refractivity (Wildman–Crippen MR) is 79.8 cm³/mol. The number of nitrogens with one attached hydrogen (secondary N) is 2. The van der Waals surface area contributed by atoms with E-state index < -0.39 is 23.3 Å². The van der Waals surface area contributed by atoms with Crippen molar-refractivity contribution in [3.05, 3.63) is 35.0 Å². The molecule has 0 spiro atoms. The second-order valence-corrected chi connectivity index (χ2v) is 5.17. The van der Waals surface area contributed by atoms with Gasteiger partial charge >= 0.3 is 17.4 Å². The molecule has 0 fully saturated rings. The Morgan fingerprint density at radius 1 is 1.38 bits per heavy atom. The van der Waals surface area contributed by atoms with Crippen molar-refractivity contribution in [3.8, 4) is 0 Å². The SMILES string of the molecule is CC(C)NC(=O)OC(C)[n+]1cccc(C(=O)NCCO[N+](=O)O)c1. The molecule has 24 heavy (non-hydrogen) atoms. The molecule has 1 atom stereocenters. The molecule has 0 aliphatic heterocycles. The third-order valence-corrected chi connectivity index (χ3v) is 2.78. The lowest BCUT2D eigenvalue weighted by atomic mass is 10.2. The van der Waals surface area contributed by atoms with Crippen LogP contribution < -0.4 is 15.2 Å². The maximum Gasteiger partial charge on any atom is 0.475 e. The van der Waals surface area contributed by atoms with E-state index in [9.17, 15) is 14.5 Å². The Morgan fingerprint density at radius 2 is 2.08 bits per heavy atom. The van der Waals surface area contributed by atoms with Gasteiger partial charge in [-0.05, 0) is 19.9 Å². The van der Waals surface area contributed by atoms with Crippen LogP contribution in [0, 0.1) is 4.91 Å². The van der Waals surface area contributed by atoms with Crippen molar-refractivity contribution in [2.24, 2.45) is 0 Å². The molecule has 0 aliphatic carbocycles. The zero-order valence-electron chi connectivity index (χ0n) is 13.8. The minimum absolute atomic E-state index is 0.0376. The van der Waals surface area contributed by atoms with E-state index in [2.05, 4.69) is 15.5 Å². The maximum atomic E-state index is 12.0. The summed E-state index contributed by atoms with van der Waals surface area (Å²) in [6.07, 6.45) is 2.02. The second kappa shape index (κ2) is 9.28. The van der Waals surface area contributed by atoms with Gasteiger partial charge in [0, 0.05) is 19.0 Å². The first-order valence-corrected chi connectivity index (χ1v) is 7.34. The standard InChI is InChI=1S/C14H20N4O6/c1-10(2)16-14(20)24-11(3)17-7-4-5-12(9-17)13(19)15-6-8-23-18(21)22/h4-5,7,9-11H,6,8H2,1-3H3,(H-2,15,16,19,20,21,22)/p+2. The summed E-state index contributed by atoms with van der Waals surface area (Å²) in [5.74, 6) is -0.401. The molecule has 1 aromatic rings. The third kappa shape index (κ3) is 6.90. The van der Waals surface area contributed by atoms with E-state index in [-0.39, 0.29) is 19.2 Å². The van der Waals surface area contributed by atoms with E-state index in [1.807, 2.05) is 13.8 Å². The number of amides is 2. The molecule has 0 aliphatic rings. The number of rotatable bonds is 8. The Kier molecular flexibility index (Phi) is 7.40. The van der Waals surface area contributed by atoms with Crippen LogP contribution in [-0.4, -0.2) is 41.5 Å². The zero-order valence-corrected chi connectivity index (χ0v) is 13.8. The molecule has 132 valence electrons. The molecule has 0 saturated carbocycles. The number of pyridine rings is 1. The topological polar surface area (TPSA) is 121 Å². The molecule has 0 bridgehead atoms. The molecule has 2 amide bonds. The van der Waals surface area contributed by atoms with Crippen LogP contribution in [0.1, 0.15) is 37.4 Å². The lowest BCUT2D eigenvalue weighted by Crippen LogP contribution is -2.43. The molecule has 10 heteroatoms. The first-order chi connectivity index (χ1) is 11.3. The number of carbonyl (C=O) groups is 2. The van der Waals surface area contributed by atoms with Crippen LogP contribution in [0.2, 0.25) is 0 Å². The quantitative estimate of drug-likeness (QED) is 0.358. The summed E-state index contributed by atoms with van der Waals surface area (Å²) >= 11 is 0. The smallest absolute Gasteiger partial charge is 0.386 e. The Balaban J connectivity index is 2.60. The fourth-order valence-corrected chi connectivity index (χ4v) is 1.73. The van der Waals surface area contributed by atoms with Crippen LogP contribution in [-0.2, 0) is 9.57 Å². The molecule has 0 saturated heterocycles. The molecule has 0 aromatic carbocycles. The Morgan fingerprint density at radius 3 is 2.71 bits per heavy atom. The highest BCUT2D eigenvalue weighted by Gasteiger charge is 2.19. The van der Waals surface area contributed by atoms with Gasteiger partial charge in [-0.2, -0.15) is 9.40 Å². The lowest BCUT2D eigenvalue weighted by Gasteiger charge is -2.12. The summed E-state index contributed by atoms with van der Waals surface area (Å²) in [4.78, 5) is 37.9. The largest absolute Gasteiger partial charge is 0.475 e. The normalized spacial score (nSPS) is 11.5. The summed E-state index contributed by atoms with van der Waals surface area (Å²) in [5, 5.41) is 12.7. The van der Waals surface area contributed by atoms with Gasteiger partial charge in [-0.3, -0.25) is 4.79 Å². The van der Waals surface area contributed by atoms with Gasteiger partial charge in [0.1, 0.15) is 10.5 Å². The molecular weight excluding hydrogens is 320 g/mol. The van der Waals surface area contributed by atoms with Gasteiger partial charge in [0.05, 0.1) is 6.54 Å². The number of nitrogens with zero attached hydrogens (tertiary/aromatic N) is 2. The number of aromatic nitrogens is 1. The average molecular weight is 342 g/mol. The Labute approximate surface area is 138 Å². The fraction of sp³-hybridized carbons (Fsp3) is 0.500. The van der Waals surface area contributed by atoms with E-state index in [0.29, 0.717) is 5.56 Å². The van der Waals surface area contributed by atoms with Crippen molar-refractivity contribution in [1.82, 2.24) is 10.6 Å². The van der Waals surface area contributed by atoms with Gasteiger partial charge in [0.15, 0.2) is 19.0 Å².